The van der Waals surface area contributed by atoms with E-state index in [4.69, 9.17) is 11.6 Å². The number of anilines is 2. The number of amides is 1. The highest BCUT2D eigenvalue weighted by molar-refractivity contribution is 9.10. The summed E-state index contributed by atoms with van der Waals surface area (Å²) >= 11 is 9.31. The molecule has 0 fully saturated rings. The first kappa shape index (κ1) is 14.9. The van der Waals surface area contributed by atoms with Crippen LogP contribution in [0.15, 0.2) is 46.9 Å². The van der Waals surface area contributed by atoms with E-state index >= 15 is 0 Å². The Balaban J connectivity index is 1.92. The van der Waals surface area contributed by atoms with Crippen molar-refractivity contribution in [3.05, 3.63) is 57.5 Å². The maximum absolute atomic E-state index is 11.9. The van der Waals surface area contributed by atoms with Crippen LogP contribution in [0, 0.1) is 6.92 Å². The zero-order valence-electron chi connectivity index (χ0n) is 10.9. The molecule has 0 unspecified atom stereocenters. The number of halogens is 2. The fraction of sp³-hybridized carbons (Fsp3) is 0.133. The van der Waals surface area contributed by atoms with Gasteiger partial charge in [0.05, 0.1) is 11.6 Å². The summed E-state index contributed by atoms with van der Waals surface area (Å²) in [5.41, 5.74) is 2.67. The van der Waals surface area contributed by atoms with Crippen molar-refractivity contribution in [2.24, 2.45) is 0 Å². The van der Waals surface area contributed by atoms with Crippen LogP contribution in [0.5, 0.6) is 0 Å². The summed E-state index contributed by atoms with van der Waals surface area (Å²) in [6, 6.07) is 13.1. The van der Waals surface area contributed by atoms with Gasteiger partial charge in [0.15, 0.2) is 0 Å². The van der Waals surface area contributed by atoms with Gasteiger partial charge in [-0.05, 0) is 52.7 Å². The molecule has 1 amide bonds. The highest BCUT2D eigenvalue weighted by Crippen LogP contribution is 2.25. The molecule has 0 saturated heterocycles. The minimum absolute atomic E-state index is 0.0988. The molecule has 0 radical (unpaired) electrons. The summed E-state index contributed by atoms with van der Waals surface area (Å²) < 4.78 is 0.828. The van der Waals surface area contributed by atoms with Crippen LogP contribution in [0.2, 0.25) is 5.02 Å². The summed E-state index contributed by atoms with van der Waals surface area (Å²) in [4.78, 5) is 11.9. The molecule has 2 rings (SSSR count). The lowest BCUT2D eigenvalue weighted by atomic mass is 10.2. The van der Waals surface area contributed by atoms with Crippen molar-refractivity contribution in [1.29, 1.82) is 0 Å². The van der Waals surface area contributed by atoms with E-state index in [1.807, 2.05) is 43.3 Å². The van der Waals surface area contributed by atoms with Crippen molar-refractivity contribution in [3.8, 4) is 0 Å². The molecule has 3 nitrogen and oxygen atoms in total. The summed E-state index contributed by atoms with van der Waals surface area (Å²) in [7, 11) is 0. The highest BCUT2D eigenvalue weighted by Gasteiger charge is 2.05. The Hall–Kier alpha value is -1.52. The standard InChI is InChI=1S/C15H14BrClN2O/c1-10-4-2-3-5-14(10)19-15(20)9-18-11-6-7-12(16)13(17)8-11/h2-8,18H,9H2,1H3,(H,19,20). The van der Waals surface area contributed by atoms with Crippen LogP contribution >= 0.6 is 27.5 Å². The van der Waals surface area contributed by atoms with Gasteiger partial charge in [0.25, 0.3) is 0 Å². The number of benzene rings is 2. The maximum atomic E-state index is 11.9. The Morgan fingerprint density at radius 1 is 1.25 bits per heavy atom. The summed E-state index contributed by atoms with van der Waals surface area (Å²) in [5.74, 6) is -0.0988. The molecule has 0 heterocycles. The van der Waals surface area contributed by atoms with Crippen LogP contribution in [0.1, 0.15) is 5.56 Å². The van der Waals surface area contributed by atoms with Gasteiger partial charge < -0.3 is 10.6 Å². The molecule has 2 N–H and O–H groups in total. The second-order valence-electron chi connectivity index (χ2n) is 4.35. The predicted octanol–water partition coefficient (Wildman–Crippen LogP) is 4.46. The van der Waals surface area contributed by atoms with Gasteiger partial charge in [-0.1, -0.05) is 29.8 Å². The quantitative estimate of drug-likeness (QED) is 0.852. The lowest BCUT2D eigenvalue weighted by molar-refractivity contribution is -0.114. The van der Waals surface area contributed by atoms with Gasteiger partial charge in [-0.15, -0.1) is 0 Å². The van der Waals surface area contributed by atoms with E-state index < -0.39 is 0 Å². The van der Waals surface area contributed by atoms with Crippen LogP contribution in [0.4, 0.5) is 11.4 Å². The Kier molecular flexibility index (Phi) is 5.04. The van der Waals surface area contributed by atoms with Crippen molar-refractivity contribution < 1.29 is 4.79 Å². The SMILES string of the molecule is Cc1ccccc1NC(=O)CNc1ccc(Br)c(Cl)c1. The van der Waals surface area contributed by atoms with Crippen molar-refractivity contribution >= 4 is 44.8 Å². The first-order valence-electron chi connectivity index (χ1n) is 6.10. The van der Waals surface area contributed by atoms with E-state index in [2.05, 4.69) is 26.6 Å². The van der Waals surface area contributed by atoms with Crippen LogP contribution < -0.4 is 10.6 Å². The summed E-state index contributed by atoms with van der Waals surface area (Å²) in [6.45, 7) is 2.14. The lowest BCUT2D eigenvalue weighted by Crippen LogP contribution is -2.22. The molecule has 0 spiro atoms. The number of carbonyl (C=O) groups is 1. The van der Waals surface area contributed by atoms with Gasteiger partial charge in [0.1, 0.15) is 0 Å². The summed E-state index contributed by atoms with van der Waals surface area (Å²) in [5, 5.41) is 6.50. The molecule has 20 heavy (non-hydrogen) atoms. The minimum Gasteiger partial charge on any atom is -0.376 e. The first-order valence-corrected chi connectivity index (χ1v) is 7.28. The van der Waals surface area contributed by atoms with E-state index in [0.717, 1.165) is 21.4 Å². The smallest absolute Gasteiger partial charge is 0.243 e. The number of hydrogen-bond donors (Lipinski definition) is 2. The zero-order valence-corrected chi connectivity index (χ0v) is 13.3. The van der Waals surface area contributed by atoms with Gasteiger partial charge in [0, 0.05) is 15.8 Å². The van der Waals surface area contributed by atoms with Gasteiger partial charge in [-0.2, -0.15) is 0 Å². The fourth-order valence-electron chi connectivity index (χ4n) is 1.70. The molecular weight excluding hydrogens is 340 g/mol. The lowest BCUT2D eigenvalue weighted by Gasteiger charge is -2.10. The fourth-order valence-corrected chi connectivity index (χ4v) is 2.12. The van der Waals surface area contributed by atoms with Crippen LogP contribution in [-0.2, 0) is 4.79 Å². The number of para-hydroxylation sites is 1. The topological polar surface area (TPSA) is 41.1 Å². The van der Waals surface area contributed by atoms with Crippen LogP contribution in [0.25, 0.3) is 0 Å². The van der Waals surface area contributed by atoms with E-state index in [0.29, 0.717) is 5.02 Å². The van der Waals surface area contributed by atoms with E-state index in [-0.39, 0.29) is 12.5 Å². The zero-order chi connectivity index (χ0) is 14.5. The largest absolute Gasteiger partial charge is 0.376 e. The van der Waals surface area contributed by atoms with Gasteiger partial charge in [-0.25, -0.2) is 0 Å². The third-order valence-electron chi connectivity index (χ3n) is 2.79. The van der Waals surface area contributed by atoms with Crippen molar-refractivity contribution in [3.63, 3.8) is 0 Å². The molecule has 5 heteroatoms. The molecule has 2 aromatic rings. The van der Waals surface area contributed by atoms with Gasteiger partial charge in [0.2, 0.25) is 5.91 Å². The Labute approximate surface area is 131 Å². The maximum Gasteiger partial charge on any atom is 0.243 e. The average molecular weight is 354 g/mol. The van der Waals surface area contributed by atoms with Crippen molar-refractivity contribution in [2.45, 2.75) is 6.92 Å². The molecule has 2 aromatic carbocycles. The normalized spacial score (nSPS) is 10.2. The van der Waals surface area contributed by atoms with Gasteiger partial charge in [-0.3, -0.25) is 4.79 Å². The molecule has 0 atom stereocenters. The monoisotopic (exact) mass is 352 g/mol. The number of carbonyl (C=O) groups excluding carboxylic acids is 1. The summed E-state index contributed by atoms with van der Waals surface area (Å²) in [6.07, 6.45) is 0. The molecule has 0 bridgehead atoms. The Morgan fingerprint density at radius 3 is 2.70 bits per heavy atom. The van der Waals surface area contributed by atoms with E-state index in [1.54, 1.807) is 6.07 Å². The Bertz CT molecular complexity index is 631. The molecule has 104 valence electrons. The molecule has 0 aliphatic rings. The number of aryl methyl sites for hydroxylation is 1. The second-order valence-corrected chi connectivity index (χ2v) is 5.61. The van der Waals surface area contributed by atoms with Crippen molar-refractivity contribution in [2.75, 3.05) is 17.2 Å². The number of hydrogen-bond acceptors (Lipinski definition) is 2. The van der Waals surface area contributed by atoms with E-state index in [9.17, 15) is 4.79 Å². The predicted molar refractivity (Wildman–Crippen MR) is 87.5 cm³/mol. The van der Waals surface area contributed by atoms with Crippen LogP contribution in [0.3, 0.4) is 0 Å². The second kappa shape index (κ2) is 6.77. The Morgan fingerprint density at radius 2 is 2.00 bits per heavy atom. The van der Waals surface area contributed by atoms with E-state index in [1.165, 1.54) is 0 Å². The van der Waals surface area contributed by atoms with Crippen molar-refractivity contribution in [1.82, 2.24) is 0 Å². The average Bonchev–Trinajstić information content (AvgIpc) is 2.43. The molecule has 0 aromatic heterocycles. The molecule has 0 saturated carbocycles. The number of nitrogens with one attached hydrogen (secondary N) is 2. The minimum atomic E-state index is -0.0988. The third kappa shape index (κ3) is 3.99. The first-order chi connectivity index (χ1) is 9.56. The molecular formula is C15H14BrClN2O. The third-order valence-corrected chi connectivity index (χ3v) is 4.02. The molecule has 0 aliphatic carbocycles. The van der Waals surface area contributed by atoms with Gasteiger partial charge >= 0.3 is 0 Å². The highest BCUT2D eigenvalue weighted by atomic mass is 79.9. The molecule has 0 aliphatic heterocycles. The van der Waals surface area contributed by atoms with Crippen LogP contribution in [-0.4, -0.2) is 12.5 Å². The number of rotatable bonds is 4.